The molecule has 1 spiro atoms. The van der Waals surface area contributed by atoms with Crippen LogP contribution in [0.1, 0.15) is 30.7 Å². The molecule has 150 valence electrons. The van der Waals surface area contributed by atoms with Gasteiger partial charge < -0.3 is 19.5 Å². The number of carbonyl (C=O) groups is 1. The molecule has 0 bridgehead atoms. The van der Waals surface area contributed by atoms with E-state index in [4.69, 9.17) is 21.4 Å². The lowest BCUT2D eigenvalue weighted by atomic mass is 9.83. The number of carbonyl (C=O) groups excluding carboxylic acids is 1. The zero-order valence-electron chi connectivity index (χ0n) is 14.5. The number of aliphatic hydroxyl groups excluding tert-OH is 1. The van der Waals surface area contributed by atoms with Crippen LogP contribution in [-0.2, 0) is 9.47 Å². The molecular formula is C18H21ClF3NO4. The van der Waals surface area contributed by atoms with Crippen LogP contribution in [0.25, 0.3) is 0 Å². The average molecular weight is 408 g/mol. The number of halogens is 4. The highest BCUT2D eigenvalue weighted by atomic mass is 35.5. The lowest BCUT2D eigenvalue weighted by molar-refractivity contribution is -0.215. The summed E-state index contributed by atoms with van der Waals surface area (Å²) in [6, 6.07) is 7.60. The van der Waals surface area contributed by atoms with Crippen LogP contribution in [0.2, 0.25) is 5.02 Å². The fourth-order valence-corrected chi connectivity index (χ4v) is 3.87. The fraction of sp³-hybridized carbons (Fsp3) is 0.611. The summed E-state index contributed by atoms with van der Waals surface area (Å²) in [6.07, 6.45) is -6.54. The van der Waals surface area contributed by atoms with Gasteiger partial charge in [-0.15, -0.1) is 0 Å². The molecule has 9 heteroatoms. The number of likely N-dealkylation sites (tertiary alicyclic amines) is 1. The zero-order valence-corrected chi connectivity index (χ0v) is 15.3. The predicted octanol–water partition coefficient (Wildman–Crippen LogP) is 3.74. The minimum Gasteiger partial charge on any atom is -0.434 e. The van der Waals surface area contributed by atoms with E-state index in [1.165, 1.54) is 4.90 Å². The maximum atomic E-state index is 12.6. The van der Waals surface area contributed by atoms with Gasteiger partial charge in [0.2, 0.25) is 6.10 Å². The first-order valence-corrected chi connectivity index (χ1v) is 9.13. The van der Waals surface area contributed by atoms with Crippen molar-refractivity contribution in [3.63, 3.8) is 0 Å². The lowest BCUT2D eigenvalue weighted by Crippen LogP contribution is -2.48. The van der Waals surface area contributed by atoms with Crippen LogP contribution in [0.15, 0.2) is 24.3 Å². The van der Waals surface area contributed by atoms with Crippen LogP contribution in [0, 0.1) is 0 Å². The molecule has 2 atom stereocenters. The van der Waals surface area contributed by atoms with Gasteiger partial charge >= 0.3 is 12.3 Å². The van der Waals surface area contributed by atoms with Gasteiger partial charge in [-0.1, -0.05) is 23.7 Å². The Morgan fingerprint density at radius 2 is 2.11 bits per heavy atom. The van der Waals surface area contributed by atoms with Crippen LogP contribution in [-0.4, -0.2) is 60.3 Å². The maximum absolute atomic E-state index is 12.6. The third-order valence-electron chi connectivity index (χ3n) is 5.24. The van der Waals surface area contributed by atoms with Gasteiger partial charge in [-0.25, -0.2) is 4.79 Å². The Labute approximate surface area is 160 Å². The molecule has 1 amide bonds. The molecule has 0 saturated carbocycles. The Morgan fingerprint density at radius 3 is 2.70 bits per heavy atom. The minimum absolute atomic E-state index is 0.200. The molecule has 1 unspecified atom stereocenters. The van der Waals surface area contributed by atoms with E-state index in [0.29, 0.717) is 24.5 Å². The van der Waals surface area contributed by atoms with Crippen molar-refractivity contribution in [1.29, 1.82) is 0 Å². The summed E-state index contributed by atoms with van der Waals surface area (Å²) in [5, 5.41) is 9.45. The van der Waals surface area contributed by atoms with E-state index in [2.05, 4.69) is 4.74 Å². The summed E-state index contributed by atoms with van der Waals surface area (Å²) in [6.45, 7) is -0.253. The highest BCUT2D eigenvalue weighted by Crippen LogP contribution is 2.43. The van der Waals surface area contributed by atoms with Crippen molar-refractivity contribution < 1.29 is 32.5 Å². The van der Waals surface area contributed by atoms with E-state index in [9.17, 15) is 18.0 Å². The number of piperidine rings is 1. The normalized spacial score (nSPS) is 23.4. The van der Waals surface area contributed by atoms with Gasteiger partial charge in [-0.05, 0) is 37.0 Å². The quantitative estimate of drug-likeness (QED) is 0.829. The van der Waals surface area contributed by atoms with Crippen molar-refractivity contribution in [2.75, 3.05) is 26.3 Å². The lowest BCUT2D eigenvalue weighted by Gasteiger charge is -2.38. The molecule has 1 N–H and O–H groups in total. The molecular weight excluding hydrogens is 387 g/mol. The van der Waals surface area contributed by atoms with Gasteiger partial charge in [0, 0.05) is 24.0 Å². The molecule has 1 aromatic carbocycles. The molecule has 2 saturated heterocycles. The van der Waals surface area contributed by atoms with E-state index >= 15 is 0 Å². The molecule has 2 heterocycles. The van der Waals surface area contributed by atoms with Crippen molar-refractivity contribution in [3.05, 3.63) is 34.9 Å². The van der Waals surface area contributed by atoms with Crippen LogP contribution in [0.3, 0.4) is 0 Å². The SMILES string of the molecule is O=C(O[C@H](CO)C(F)(F)F)N1CCC2(CC1)CC(c1cccc(Cl)c1)CO2. The van der Waals surface area contributed by atoms with Crippen molar-refractivity contribution in [2.24, 2.45) is 0 Å². The number of ether oxygens (including phenoxy) is 2. The number of hydrogen-bond acceptors (Lipinski definition) is 4. The van der Waals surface area contributed by atoms with E-state index in [-0.39, 0.29) is 24.6 Å². The van der Waals surface area contributed by atoms with Crippen LogP contribution >= 0.6 is 11.6 Å². The summed E-state index contributed by atoms with van der Waals surface area (Å²) in [4.78, 5) is 13.2. The molecule has 0 radical (unpaired) electrons. The van der Waals surface area contributed by atoms with E-state index in [1.807, 2.05) is 18.2 Å². The Bertz CT molecular complexity index is 677. The number of rotatable bonds is 3. The molecule has 2 aliphatic heterocycles. The molecule has 0 aromatic heterocycles. The highest BCUT2D eigenvalue weighted by Gasteiger charge is 2.46. The Hall–Kier alpha value is -1.51. The summed E-state index contributed by atoms with van der Waals surface area (Å²) in [7, 11) is 0. The van der Waals surface area contributed by atoms with Gasteiger partial charge in [-0.3, -0.25) is 0 Å². The molecule has 0 aliphatic carbocycles. The smallest absolute Gasteiger partial charge is 0.427 e. The number of amides is 1. The summed E-state index contributed by atoms with van der Waals surface area (Å²) >= 11 is 6.04. The minimum atomic E-state index is -4.79. The van der Waals surface area contributed by atoms with Gasteiger partial charge in [0.25, 0.3) is 0 Å². The predicted molar refractivity (Wildman–Crippen MR) is 91.7 cm³/mol. The first-order valence-electron chi connectivity index (χ1n) is 8.75. The van der Waals surface area contributed by atoms with Crippen molar-refractivity contribution in [1.82, 2.24) is 4.90 Å². The topological polar surface area (TPSA) is 59.0 Å². The molecule has 2 aliphatic rings. The zero-order chi connectivity index (χ0) is 19.7. The van der Waals surface area contributed by atoms with Crippen LogP contribution in [0.4, 0.5) is 18.0 Å². The van der Waals surface area contributed by atoms with Crippen molar-refractivity contribution in [3.8, 4) is 0 Å². The maximum Gasteiger partial charge on any atom is 0.427 e. The molecule has 3 rings (SSSR count). The standard InChI is InChI=1S/C18H21ClF3NO4/c19-14-3-1-2-12(8-14)13-9-17(26-11-13)4-6-23(7-5-17)16(25)27-15(10-24)18(20,21)22/h1-3,8,13,15,24H,4-7,9-11H2/t13?,15-/m1/s1. The van der Waals surface area contributed by atoms with Crippen molar-refractivity contribution in [2.45, 2.75) is 43.1 Å². The second-order valence-corrected chi connectivity index (χ2v) is 7.47. The fourth-order valence-electron chi connectivity index (χ4n) is 3.67. The molecule has 5 nitrogen and oxygen atoms in total. The van der Waals surface area contributed by atoms with Gasteiger partial charge in [0.05, 0.1) is 18.8 Å². The average Bonchev–Trinajstić information content (AvgIpc) is 3.03. The monoisotopic (exact) mass is 407 g/mol. The third kappa shape index (κ3) is 4.67. The van der Waals surface area contributed by atoms with Crippen LogP contribution < -0.4 is 0 Å². The largest absolute Gasteiger partial charge is 0.434 e. The Kier molecular flexibility index (Phi) is 5.88. The molecule has 2 fully saturated rings. The second-order valence-electron chi connectivity index (χ2n) is 7.03. The van der Waals surface area contributed by atoms with Gasteiger partial charge in [0.15, 0.2) is 0 Å². The van der Waals surface area contributed by atoms with E-state index in [0.717, 1.165) is 12.0 Å². The van der Waals surface area contributed by atoms with Gasteiger partial charge in [0.1, 0.15) is 0 Å². The second kappa shape index (κ2) is 7.85. The molecule has 27 heavy (non-hydrogen) atoms. The third-order valence-corrected chi connectivity index (χ3v) is 5.47. The van der Waals surface area contributed by atoms with E-state index < -0.39 is 25.0 Å². The first-order chi connectivity index (χ1) is 12.7. The van der Waals surface area contributed by atoms with E-state index in [1.54, 1.807) is 6.07 Å². The number of benzene rings is 1. The van der Waals surface area contributed by atoms with Crippen molar-refractivity contribution >= 4 is 17.7 Å². The Balaban J connectivity index is 1.55. The molecule has 1 aromatic rings. The number of hydrogen-bond donors (Lipinski definition) is 1. The Morgan fingerprint density at radius 1 is 1.41 bits per heavy atom. The summed E-state index contributed by atoms with van der Waals surface area (Å²) in [5.74, 6) is 0.200. The number of alkyl halides is 3. The summed E-state index contributed by atoms with van der Waals surface area (Å²) in [5.41, 5.74) is 0.710. The van der Waals surface area contributed by atoms with Gasteiger partial charge in [-0.2, -0.15) is 13.2 Å². The number of aliphatic hydroxyl groups is 1. The first kappa shape index (κ1) is 20.2. The van der Waals surface area contributed by atoms with Crippen LogP contribution in [0.5, 0.6) is 0 Å². The number of nitrogens with zero attached hydrogens (tertiary/aromatic N) is 1. The summed E-state index contributed by atoms with van der Waals surface area (Å²) < 4.78 is 48.4. The highest BCUT2D eigenvalue weighted by molar-refractivity contribution is 6.30.